The van der Waals surface area contributed by atoms with Gasteiger partial charge in [0.2, 0.25) is 0 Å². The highest BCUT2D eigenvalue weighted by molar-refractivity contribution is 7.21. The van der Waals surface area contributed by atoms with Gasteiger partial charge in [-0.3, -0.25) is 5.73 Å². The zero-order valence-electron chi connectivity index (χ0n) is 12.2. The Morgan fingerprint density at radius 1 is 1.00 bits per heavy atom. The van der Waals surface area contributed by atoms with E-state index in [4.69, 9.17) is 5.73 Å². The third kappa shape index (κ3) is 3.30. The van der Waals surface area contributed by atoms with Crippen LogP contribution in [0.25, 0.3) is 10.2 Å². The van der Waals surface area contributed by atoms with Gasteiger partial charge in [0.25, 0.3) is 0 Å². The number of thiazole rings is 1. The molecule has 0 amide bonds. The molecule has 2 nitrogen and oxygen atoms in total. The lowest BCUT2D eigenvalue weighted by atomic mass is 10.3. The van der Waals surface area contributed by atoms with Crippen molar-refractivity contribution in [1.29, 1.82) is 0 Å². The minimum atomic E-state index is -1.54. The van der Waals surface area contributed by atoms with Gasteiger partial charge in [-0.2, -0.15) is 0 Å². The fourth-order valence-corrected chi connectivity index (χ4v) is 6.04. The molecule has 0 radical (unpaired) electrons. The monoisotopic (exact) mass is 426 g/mol. The quantitative estimate of drug-likeness (QED) is 0.355. The fraction of sp³-hybridized carbons (Fsp3) is 0.188. The molecule has 3 aromatic rings. The van der Waals surface area contributed by atoms with Crippen LogP contribution in [0.5, 0.6) is 0 Å². The van der Waals surface area contributed by atoms with Gasteiger partial charge in [-0.25, -0.2) is 4.57 Å². The van der Waals surface area contributed by atoms with Crippen LogP contribution < -0.4 is 39.5 Å². The first kappa shape index (κ1) is 16.4. The molecule has 2 aromatic carbocycles. The number of halogens is 1. The third-order valence-electron chi connectivity index (χ3n) is 3.75. The van der Waals surface area contributed by atoms with Gasteiger partial charge in [-0.1, -0.05) is 60.7 Å². The van der Waals surface area contributed by atoms with E-state index in [1.54, 1.807) is 11.3 Å². The second-order valence-electron chi connectivity index (χ2n) is 5.74. The van der Waals surface area contributed by atoms with E-state index < -0.39 is 8.07 Å². The first-order valence-electron chi connectivity index (χ1n) is 6.80. The minimum absolute atomic E-state index is 0. The van der Waals surface area contributed by atoms with Crippen molar-refractivity contribution in [3.8, 4) is 0 Å². The molecular formula is C16H19IN2SSi. The van der Waals surface area contributed by atoms with Crippen LogP contribution in [0.15, 0.2) is 54.6 Å². The zero-order valence-corrected chi connectivity index (χ0v) is 16.2. The third-order valence-corrected chi connectivity index (χ3v) is 7.74. The topological polar surface area (TPSA) is 29.9 Å². The average molecular weight is 426 g/mol. The summed E-state index contributed by atoms with van der Waals surface area (Å²) in [5.41, 5.74) is 7.50. The standard InChI is InChI=1S/C16H18N2SSi.HI/c1-20(2,13-8-4-3-5-9-13)12-18-14-10-6-7-11-15(14)19-16(18)17;/h3-11,17H,12H2,1-2H3;1H. The molecule has 0 aliphatic rings. The predicted octanol–water partition coefficient (Wildman–Crippen LogP) is -0.0702. The van der Waals surface area contributed by atoms with Crippen LogP contribution in [0.4, 0.5) is 5.13 Å². The first-order valence-corrected chi connectivity index (χ1v) is 10.8. The number of hydrogen-bond donors (Lipinski definition) is 1. The van der Waals surface area contributed by atoms with Crippen molar-refractivity contribution in [3.63, 3.8) is 0 Å². The van der Waals surface area contributed by atoms with Crippen LogP contribution in [-0.4, -0.2) is 8.07 Å². The molecule has 0 aliphatic heterocycles. The number of nitrogen functional groups attached to an aromatic ring is 1. The van der Waals surface area contributed by atoms with Crippen LogP contribution in [-0.2, 0) is 6.17 Å². The van der Waals surface area contributed by atoms with E-state index in [0.717, 1.165) is 11.3 Å². The fourth-order valence-electron chi connectivity index (χ4n) is 2.59. The largest absolute Gasteiger partial charge is 1.00 e. The molecule has 0 atom stereocenters. The summed E-state index contributed by atoms with van der Waals surface area (Å²) in [6.45, 7) is 4.81. The lowest BCUT2D eigenvalue weighted by Crippen LogP contribution is -3.00. The molecule has 0 saturated heterocycles. The number of benzene rings is 2. The molecule has 5 heteroatoms. The number of hydrogen-bond acceptors (Lipinski definition) is 2. The normalized spacial score (nSPS) is 11.3. The summed E-state index contributed by atoms with van der Waals surface area (Å²) >= 11 is 1.68. The number of fused-ring (bicyclic) bond motifs is 1. The smallest absolute Gasteiger partial charge is 0.332 e. The van der Waals surface area contributed by atoms with Gasteiger partial charge in [0.1, 0.15) is 13.6 Å². The Kier molecular flexibility index (Phi) is 5.06. The minimum Gasteiger partial charge on any atom is -1.00 e. The summed E-state index contributed by atoms with van der Waals surface area (Å²) in [4.78, 5) is 0. The lowest BCUT2D eigenvalue weighted by Gasteiger charge is -2.21. The van der Waals surface area contributed by atoms with Crippen molar-refractivity contribution in [1.82, 2.24) is 0 Å². The number of anilines is 1. The molecule has 0 unspecified atom stereocenters. The number of rotatable bonds is 3. The van der Waals surface area contributed by atoms with Gasteiger partial charge in [0.15, 0.2) is 0 Å². The summed E-state index contributed by atoms with van der Waals surface area (Å²) < 4.78 is 3.56. The maximum absolute atomic E-state index is 6.24. The van der Waals surface area contributed by atoms with Crippen LogP contribution in [0.3, 0.4) is 0 Å². The summed E-state index contributed by atoms with van der Waals surface area (Å²) in [7, 11) is -1.54. The molecule has 0 saturated carbocycles. The molecule has 3 rings (SSSR count). The molecule has 21 heavy (non-hydrogen) atoms. The summed E-state index contributed by atoms with van der Waals surface area (Å²) in [6, 6.07) is 19.3. The Morgan fingerprint density at radius 3 is 2.33 bits per heavy atom. The van der Waals surface area contributed by atoms with Gasteiger partial charge in [0.05, 0.1) is 10.9 Å². The van der Waals surface area contributed by atoms with E-state index >= 15 is 0 Å². The van der Waals surface area contributed by atoms with Gasteiger partial charge in [-0.05, 0) is 23.5 Å². The van der Waals surface area contributed by atoms with E-state index in [2.05, 4.69) is 72.3 Å². The Balaban J connectivity index is 0.00000161. The molecular weight excluding hydrogens is 407 g/mol. The number of para-hydroxylation sites is 1. The second-order valence-corrected chi connectivity index (χ2v) is 11.5. The van der Waals surface area contributed by atoms with Crippen molar-refractivity contribution in [2.24, 2.45) is 0 Å². The molecule has 2 N–H and O–H groups in total. The Bertz CT molecular complexity index is 740. The highest BCUT2D eigenvalue weighted by atomic mass is 127. The van der Waals surface area contributed by atoms with Crippen molar-refractivity contribution < 1.29 is 28.5 Å². The summed E-state index contributed by atoms with van der Waals surface area (Å²) in [5, 5.41) is 2.38. The number of aromatic nitrogens is 1. The van der Waals surface area contributed by atoms with Crippen LogP contribution >= 0.6 is 11.3 Å². The van der Waals surface area contributed by atoms with Crippen LogP contribution in [0, 0.1) is 0 Å². The molecule has 0 spiro atoms. The van der Waals surface area contributed by atoms with Crippen molar-refractivity contribution in [2.75, 3.05) is 5.73 Å². The van der Waals surface area contributed by atoms with E-state index in [9.17, 15) is 0 Å². The number of nitrogens with two attached hydrogens (primary N) is 1. The predicted molar refractivity (Wildman–Crippen MR) is 90.0 cm³/mol. The Labute approximate surface area is 147 Å². The molecule has 0 fully saturated rings. The van der Waals surface area contributed by atoms with Crippen LogP contribution in [0.1, 0.15) is 0 Å². The lowest BCUT2D eigenvalue weighted by molar-refractivity contribution is -0.635. The molecule has 0 aliphatic carbocycles. The highest BCUT2D eigenvalue weighted by Crippen LogP contribution is 2.22. The van der Waals surface area contributed by atoms with E-state index in [0.29, 0.717) is 0 Å². The molecule has 0 bridgehead atoms. The van der Waals surface area contributed by atoms with Crippen LogP contribution in [0.2, 0.25) is 13.1 Å². The van der Waals surface area contributed by atoms with E-state index in [1.807, 2.05) is 0 Å². The summed E-state index contributed by atoms with van der Waals surface area (Å²) in [5.74, 6) is 0. The molecule has 110 valence electrons. The maximum Gasteiger partial charge on any atom is 0.332 e. The van der Waals surface area contributed by atoms with Gasteiger partial charge in [0, 0.05) is 0 Å². The van der Waals surface area contributed by atoms with Crippen molar-refractivity contribution >= 4 is 39.9 Å². The van der Waals surface area contributed by atoms with Gasteiger partial charge >= 0.3 is 5.13 Å². The van der Waals surface area contributed by atoms with Gasteiger partial charge < -0.3 is 24.0 Å². The van der Waals surface area contributed by atoms with Crippen molar-refractivity contribution in [2.45, 2.75) is 19.3 Å². The Hall–Kier alpha value is -0.923. The first-order chi connectivity index (χ1) is 9.58. The van der Waals surface area contributed by atoms with Gasteiger partial charge in [-0.15, -0.1) is 0 Å². The maximum atomic E-state index is 6.24. The number of nitrogens with zero attached hydrogens (tertiary/aromatic N) is 1. The average Bonchev–Trinajstić information content (AvgIpc) is 2.76. The Morgan fingerprint density at radius 2 is 1.62 bits per heavy atom. The SMILES string of the molecule is C[Si](C)(C[n+]1c(N)sc2ccccc21)c1ccccc1.[I-]. The second kappa shape index (κ2) is 6.45. The highest BCUT2D eigenvalue weighted by Gasteiger charge is 2.29. The van der Waals surface area contributed by atoms with E-state index in [1.165, 1.54) is 15.4 Å². The van der Waals surface area contributed by atoms with Crippen molar-refractivity contribution in [3.05, 3.63) is 54.6 Å². The molecule has 1 heterocycles. The summed E-state index contributed by atoms with van der Waals surface area (Å²) in [6.07, 6.45) is 1.02. The van der Waals surface area contributed by atoms with E-state index in [-0.39, 0.29) is 24.0 Å². The zero-order chi connectivity index (χ0) is 14.2. The molecule has 1 aromatic heterocycles.